The minimum atomic E-state index is -0.832. The van der Waals surface area contributed by atoms with Gasteiger partial charge in [-0.2, -0.15) is 5.10 Å². The SMILES string of the molecule is Cc1ccccc1-c1cc2cc(Nc3cnn(CC(C)(C)O)c3)ncc2c(N)n1. The van der Waals surface area contributed by atoms with Gasteiger partial charge in [-0.1, -0.05) is 24.3 Å². The first kappa shape index (κ1) is 18.9. The van der Waals surface area contributed by atoms with Gasteiger partial charge in [0.05, 0.1) is 29.7 Å². The second-order valence-electron chi connectivity index (χ2n) is 7.86. The summed E-state index contributed by atoms with van der Waals surface area (Å²) in [5.74, 6) is 1.14. The highest BCUT2D eigenvalue weighted by Gasteiger charge is 2.14. The summed E-state index contributed by atoms with van der Waals surface area (Å²) in [7, 11) is 0. The van der Waals surface area contributed by atoms with E-state index in [9.17, 15) is 5.11 Å². The maximum absolute atomic E-state index is 9.94. The summed E-state index contributed by atoms with van der Waals surface area (Å²) in [6.07, 6.45) is 5.27. The van der Waals surface area contributed by atoms with E-state index in [2.05, 4.69) is 33.4 Å². The first-order valence-electron chi connectivity index (χ1n) is 9.43. The monoisotopic (exact) mass is 388 g/mol. The van der Waals surface area contributed by atoms with Crippen LogP contribution in [0.5, 0.6) is 0 Å². The highest BCUT2D eigenvalue weighted by molar-refractivity contribution is 5.94. The Kier molecular flexibility index (Phi) is 4.68. The number of benzene rings is 1. The van der Waals surface area contributed by atoms with Crippen LogP contribution in [-0.2, 0) is 6.54 Å². The zero-order valence-electron chi connectivity index (χ0n) is 16.7. The van der Waals surface area contributed by atoms with Gasteiger partial charge in [-0.25, -0.2) is 9.97 Å². The molecule has 0 saturated carbocycles. The maximum Gasteiger partial charge on any atom is 0.133 e. The van der Waals surface area contributed by atoms with E-state index >= 15 is 0 Å². The molecule has 0 unspecified atom stereocenters. The Balaban J connectivity index is 1.66. The molecule has 3 heterocycles. The van der Waals surface area contributed by atoms with Gasteiger partial charge < -0.3 is 16.2 Å². The molecule has 7 heteroatoms. The number of nitrogens with zero attached hydrogens (tertiary/aromatic N) is 4. The van der Waals surface area contributed by atoms with Crippen molar-refractivity contribution >= 4 is 28.1 Å². The van der Waals surface area contributed by atoms with Gasteiger partial charge >= 0.3 is 0 Å². The van der Waals surface area contributed by atoms with Crippen LogP contribution in [0.4, 0.5) is 17.3 Å². The summed E-state index contributed by atoms with van der Waals surface area (Å²) >= 11 is 0. The first-order valence-corrected chi connectivity index (χ1v) is 9.43. The van der Waals surface area contributed by atoms with Crippen molar-refractivity contribution in [3.05, 3.63) is 60.6 Å². The predicted molar refractivity (Wildman–Crippen MR) is 116 cm³/mol. The summed E-state index contributed by atoms with van der Waals surface area (Å²) in [5, 5.41) is 19.2. The lowest BCUT2D eigenvalue weighted by Gasteiger charge is -2.16. The van der Waals surface area contributed by atoms with Crippen molar-refractivity contribution in [3.63, 3.8) is 0 Å². The van der Waals surface area contributed by atoms with Crippen LogP contribution in [-0.4, -0.2) is 30.5 Å². The Labute approximate surface area is 169 Å². The number of pyridine rings is 2. The largest absolute Gasteiger partial charge is 0.389 e. The van der Waals surface area contributed by atoms with E-state index in [0.717, 1.165) is 33.3 Å². The molecule has 29 heavy (non-hydrogen) atoms. The quantitative estimate of drug-likeness (QED) is 0.479. The summed E-state index contributed by atoms with van der Waals surface area (Å²) in [4.78, 5) is 9.01. The third-order valence-corrected chi connectivity index (χ3v) is 4.62. The number of nitrogen functional groups attached to an aromatic ring is 1. The van der Waals surface area contributed by atoms with E-state index in [1.807, 2.05) is 36.5 Å². The molecule has 4 aromatic rings. The summed E-state index contributed by atoms with van der Waals surface area (Å²) in [6.45, 7) is 5.96. The van der Waals surface area contributed by atoms with Gasteiger partial charge in [0.25, 0.3) is 0 Å². The Bertz CT molecular complexity index is 1180. The van der Waals surface area contributed by atoms with Gasteiger partial charge in [0.1, 0.15) is 11.6 Å². The fourth-order valence-corrected chi connectivity index (χ4v) is 3.30. The number of nitrogens with one attached hydrogen (secondary N) is 1. The second kappa shape index (κ2) is 7.18. The zero-order valence-corrected chi connectivity index (χ0v) is 16.7. The number of aryl methyl sites for hydroxylation is 1. The molecular weight excluding hydrogens is 364 g/mol. The Morgan fingerprint density at radius 3 is 2.72 bits per heavy atom. The van der Waals surface area contributed by atoms with Gasteiger partial charge in [0.15, 0.2) is 0 Å². The lowest BCUT2D eigenvalue weighted by molar-refractivity contribution is 0.0578. The molecule has 0 atom stereocenters. The van der Waals surface area contributed by atoms with Crippen molar-refractivity contribution in [2.75, 3.05) is 11.1 Å². The Morgan fingerprint density at radius 1 is 1.17 bits per heavy atom. The van der Waals surface area contributed by atoms with Crippen molar-refractivity contribution in [1.29, 1.82) is 0 Å². The molecule has 0 radical (unpaired) electrons. The summed E-state index contributed by atoms with van der Waals surface area (Å²) < 4.78 is 1.70. The van der Waals surface area contributed by atoms with Crippen molar-refractivity contribution < 1.29 is 5.11 Å². The van der Waals surface area contributed by atoms with E-state index in [4.69, 9.17) is 5.73 Å². The number of rotatable bonds is 5. The van der Waals surface area contributed by atoms with Crippen LogP contribution in [0, 0.1) is 6.92 Å². The fraction of sp³-hybridized carbons (Fsp3) is 0.227. The van der Waals surface area contributed by atoms with Crippen LogP contribution in [0.1, 0.15) is 19.4 Å². The Morgan fingerprint density at radius 2 is 1.97 bits per heavy atom. The fourth-order valence-electron chi connectivity index (χ4n) is 3.30. The molecule has 0 fully saturated rings. The van der Waals surface area contributed by atoms with Gasteiger partial charge in [0, 0.05) is 23.3 Å². The van der Waals surface area contributed by atoms with Gasteiger partial charge in [-0.05, 0) is 43.9 Å². The third kappa shape index (κ3) is 4.20. The average molecular weight is 388 g/mol. The molecule has 0 amide bonds. The van der Waals surface area contributed by atoms with Crippen molar-refractivity contribution in [2.45, 2.75) is 32.9 Å². The minimum Gasteiger partial charge on any atom is -0.389 e. The molecule has 0 bridgehead atoms. The Hall–Kier alpha value is -3.45. The molecule has 0 aliphatic carbocycles. The first-order chi connectivity index (χ1) is 13.8. The number of hydrogen-bond donors (Lipinski definition) is 3. The minimum absolute atomic E-state index is 0.405. The zero-order chi connectivity index (χ0) is 20.6. The normalized spacial score (nSPS) is 11.7. The predicted octanol–water partition coefficient (Wildman–Crippen LogP) is 3.90. The molecule has 7 nitrogen and oxygen atoms in total. The average Bonchev–Trinajstić information content (AvgIpc) is 3.06. The van der Waals surface area contributed by atoms with Gasteiger partial charge in [-0.15, -0.1) is 0 Å². The van der Waals surface area contributed by atoms with Crippen LogP contribution in [0.25, 0.3) is 22.0 Å². The topological polar surface area (TPSA) is 102 Å². The summed E-state index contributed by atoms with van der Waals surface area (Å²) in [5.41, 5.74) is 9.20. The molecule has 3 aromatic heterocycles. The molecule has 148 valence electrons. The van der Waals surface area contributed by atoms with Crippen LogP contribution in [0.15, 0.2) is 55.0 Å². The van der Waals surface area contributed by atoms with Gasteiger partial charge in [-0.3, -0.25) is 4.68 Å². The molecule has 4 N–H and O–H groups in total. The number of fused-ring (bicyclic) bond motifs is 1. The number of hydrogen-bond acceptors (Lipinski definition) is 6. The van der Waals surface area contributed by atoms with E-state index in [0.29, 0.717) is 18.2 Å². The summed E-state index contributed by atoms with van der Waals surface area (Å²) in [6, 6.07) is 12.1. The number of aliphatic hydroxyl groups is 1. The van der Waals surface area contributed by atoms with E-state index < -0.39 is 5.60 Å². The lowest BCUT2D eigenvalue weighted by atomic mass is 10.0. The molecule has 1 aromatic carbocycles. The maximum atomic E-state index is 9.94. The number of nitrogens with two attached hydrogens (primary N) is 1. The molecular formula is C22H24N6O. The number of aromatic nitrogens is 4. The van der Waals surface area contributed by atoms with Crippen LogP contribution < -0.4 is 11.1 Å². The highest BCUT2D eigenvalue weighted by Crippen LogP contribution is 2.29. The van der Waals surface area contributed by atoms with Crippen molar-refractivity contribution in [1.82, 2.24) is 19.7 Å². The van der Waals surface area contributed by atoms with Crippen LogP contribution in [0.2, 0.25) is 0 Å². The van der Waals surface area contributed by atoms with Crippen molar-refractivity contribution in [3.8, 4) is 11.3 Å². The molecule has 4 rings (SSSR count). The van der Waals surface area contributed by atoms with E-state index in [-0.39, 0.29) is 0 Å². The number of anilines is 3. The lowest BCUT2D eigenvalue weighted by Crippen LogP contribution is -2.26. The van der Waals surface area contributed by atoms with Crippen LogP contribution in [0.3, 0.4) is 0 Å². The van der Waals surface area contributed by atoms with Crippen molar-refractivity contribution in [2.24, 2.45) is 0 Å². The smallest absolute Gasteiger partial charge is 0.133 e. The van der Waals surface area contributed by atoms with Gasteiger partial charge in [0.2, 0.25) is 0 Å². The standard InChI is InChI=1S/C22H24N6O/c1-14-6-4-5-7-17(14)19-8-15-9-20(24-11-18(15)21(23)27-19)26-16-10-25-28(12-16)13-22(2,3)29/h4-12,29H,13H2,1-3H3,(H2,23,27)(H,24,26). The highest BCUT2D eigenvalue weighted by atomic mass is 16.3. The molecule has 0 aliphatic rings. The molecule has 0 saturated heterocycles. The third-order valence-electron chi connectivity index (χ3n) is 4.62. The van der Waals surface area contributed by atoms with Crippen LogP contribution >= 0.6 is 0 Å². The molecule has 0 aliphatic heterocycles. The molecule has 0 spiro atoms. The van der Waals surface area contributed by atoms with E-state index in [1.165, 1.54) is 0 Å². The second-order valence-corrected chi connectivity index (χ2v) is 7.86. The van der Waals surface area contributed by atoms with E-state index in [1.54, 1.807) is 30.9 Å².